The molecule has 5 amide bonds. The molecule has 0 saturated heterocycles. The van der Waals surface area contributed by atoms with E-state index in [1.807, 2.05) is 26.8 Å². The van der Waals surface area contributed by atoms with Crippen molar-refractivity contribution >= 4 is 70.5 Å². The summed E-state index contributed by atoms with van der Waals surface area (Å²) in [6, 6.07) is 20.2. The van der Waals surface area contributed by atoms with Crippen molar-refractivity contribution in [1.82, 2.24) is 35.9 Å². The van der Waals surface area contributed by atoms with E-state index in [-0.39, 0.29) is 49.2 Å². The third kappa shape index (κ3) is 17.4. The normalized spacial score (nSPS) is 12.0. The third-order valence-corrected chi connectivity index (χ3v) is 11.2. The minimum atomic E-state index is -1.07. The second-order valence-electron chi connectivity index (χ2n) is 19.7. The number of nitrogens with one attached hydrogen (secondary N) is 7. The molecule has 4 aromatic carbocycles. The average Bonchev–Trinajstić information content (AvgIpc) is 3.86. The van der Waals surface area contributed by atoms with Gasteiger partial charge in [-0.2, -0.15) is 0 Å². The molecule has 2 aliphatic heterocycles. The zero-order valence-electron chi connectivity index (χ0n) is 46.5. The molecule has 25 nitrogen and oxygen atoms in total. The number of carboxylic acids is 1. The average molecular weight is 1120 g/mol. The number of aromatic carboxylic acids is 1. The van der Waals surface area contributed by atoms with Gasteiger partial charge in [0.1, 0.15) is 11.2 Å². The molecule has 428 valence electrons. The molecule has 4 heterocycles. The maximum atomic E-state index is 12.7. The fraction of sp³-hybridized carbons (Fsp3) is 0.321. The molecule has 0 spiro atoms. The van der Waals surface area contributed by atoms with Crippen molar-refractivity contribution < 1.29 is 62.3 Å². The van der Waals surface area contributed by atoms with E-state index in [9.17, 15) is 33.9 Å². The number of alkyl carbamates (subject to hydrolysis) is 2. The van der Waals surface area contributed by atoms with Crippen LogP contribution >= 0.6 is 0 Å². The molecule has 10 N–H and O–H groups in total. The van der Waals surface area contributed by atoms with Crippen LogP contribution in [0.3, 0.4) is 0 Å². The number of amides is 5. The summed E-state index contributed by atoms with van der Waals surface area (Å²) in [6.07, 6.45) is 2.39. The minimum Gasteiger partial charge on any atom is -0.493 e. The van der Waals surface area contributed by atoms with Crippen LogP contribution in [-0.2, 0) is 31.9 Å². The highest BCUT2D eigenvalue weighted by molar-refractivity contribution is 6.04. The predicted molar refractivity (Wildman–Crippen MR) is 302 cm³/mol. The highest BCUT2D eigenvalue weighted by Crippen LogP contribution is 2.37. The number of benzene rings is 4. The van der Waals surface area contributed by atoms with Crippen molar-refractivity contribution in [2.75, 3.05) is 75.9 Å². The Morgan fingerprint density at radius 3 is 1.41 bits per heavy atom. The molecule has 0 atom stereocenters. The number of hydrogen-bond donors (Lipinski definition) is 9. The van der Waals surface area contributed by atoms with Crippen LogP contribution < -0.4 is 61.9 Å². The van der Waals surface area contributed by atoms with Crippen LogP contribution in [0.1, 0.15) is 73.4 Å². The van der Waals surface area contributed by atoms with Crippen LogP contribution in [0, 0.1) is 0 Å². The SMILES string of the molecule is CC(C)(C)OC(=O)NCCN.COc1ccc(Nc2ncc3c(n2)-c2ccc(C(=O)NCCNC(=O)OC(C)(C)C)cc2NC(=O)C3)cc1OC.COc1ccc(Nc2ncc3c(n2)-c2ccc(C(=O)O)cc2NC(=O)C3)cc1OC. The quantitative estimate of drug-likeness (QED) is 0.0458. The topological polar surface area (TPSA) is 340 Å². The Labute approximate surface area is 467 Å². The number of rotatable bonds is 15. The Bertz CT molecular complexity index is 3290. The number of fused-ring (bicyclic) bond motifs is 6. The number of ether oxygens (including phenoxy) is 6. The van der Waals surface area contributed by atoms with Gasteiger partial charge in [-0.3, -0.25) is 14.4 Å². The molecule has 81 heavy (non-hydrogen) atoms. The molecular weight excluding hydrogens is 1050 g/mol. The van der Waals surface area contributed by atoms with Crippen molar-refractivity contribution in [3.63, 3.8) is 0 Å². The van der Waals surface area contributed by atoms with Crippen molar-refractivity contribution in [3.8, 4) is 45.5 Å². The van der Waals surface area contributed by atoms with Gasteiger partial charge in [-0.1, -0.05) is 0 Å². The predicted octanol–water partition coefficient (Wildman–Crippen LogP) is 7.22. The summed E-state index contributed by atoms with van der Waals surface area (Å²) in [5.41, 5.74) is 10.5. The molecule has 0 bridgehead atoms. The first-order valence-electron chi connectivity index (χ1n) is 25.2. The lowest BCUT2D eigenvalue weighted by atomic mass is 10.0. The number of aromatic nitrogens is 4. The fourth-order valence-electron chi connectivity index (χ4n) is 7.71. The summed E-state index contributed by atoms with van der Waals surface area (Å²) in [5.74, 6) is 1.000. The maximum absolute atomic E-state index is 12.7. The number of nitrogens with zero attached hydrogens (tertiary/aromatic N) is 4. The van der Waals surface area contributed by atoms with Crippen molar-refractivity contribution in [1.29, 1.82) is 0 Å². The highest BCUT2D eigenvalue weighted by Gasteiger charge is 2.25. The van der Waals surface area contributed by atoms with E-state index < -0.39 is 29.4 Å². The zero-order valence-corrected chi connectivity index (χ0v) is 46.5. The third-order valence-electron chi connectivity index (χ3n) is 11.2. The van der Waals surface area contributed by atoms with Crippen LogP contribution in [0.15, 0.2) is 85.2 Å². The number of nitrogens with two attached hydrogens (primary N) is 1. The van der Waals surface area contributed by atoms with E-state index >= 15 is 0 Å². The largest absolute Gasteiger partial charge is 0.493 e. The van der Waals surface area contributed by atoms with Gasteiger partial charge >= 0.3 is 18.2 Å². The van der Waals surface area contributed by atoms with E-state index in [2.05, 4.69) is 57.2 Å². The number of carboxylic acid groups (broad SMARTS) is 1. The number of carbonyl (C=O) groups is 6. The number of hydrogen-bond acceptors (Lipinski definition) is 19. The van der Waals surface area contributed by atoms with Crippen molar-refractivity contribution in [3.05, 3.63) is 107 Å². The van der Waals surface area contributed by atoms with Gasteiger partial charge in [-0.05, 0) is 102 Å². The van der Waals surface area contributed by atoms with E-state index in [1.54, 1.807) is 116 Å². The van der Waals surface area contributed by atoms with Gasteiger partial charge in [0.2, 0.25) is 23.7 Å². The molecule has 0 saturated carbocycles. The molecule has 0 radical (unpaired) electrons. The van der Waals surface area contributed by atoms with Crippen molar-refractivity contribution in [2.45, 2.75) is 65.6 Å². The number of methoxy groups -OCH3 is 4. The smallest absolute Gasteiger partial charge is 0.407 e. The summed E-state index contributed by atoms with van der Waals surface area (Å²) < 4.78 is 31.3. The second kappa shape index (κ2) is 27.2. The van der Waals surface area contributed by atoms with E-state index in [1.165, 1.54) is 12.1 Å². The molecular formula is C56H66N12O13. The molecule has 2 aromatic heterocycles. The lowest BCUT2D eigenvalue weighted by molar-refractivity contribution is -0.116. The van der Waals surface area contributed by atoms with Gasteiger partial charge in [0.15, 0.2) is 23.0 Å². The van der Waals surface area contributed by atoms with Crippen LogP contribution in [0.2, 0.25) is 0 Å². The van der Waals surface area contributed by atoms with E-state index in [0.717, 1.165) is 0 Å². The Morgan fingerprint density at radius 2 is 0.988 bits per heavy atom. The first-order chi connectivity index (χ1) is 38.5. The molecule has 0 aliphatic carbocycles. The summed E-state index contributed by atoms with van der Waals surface area (Å²) >= 11 is 0. The second-order valence-corrected chi connectivity index (χ2v) is 19.7. The lowest BCUT2D eigenvalue weighted by Crippen LogP contribution is -2.37. The van der Waals surface area contributed by atoms with Crippen LogP contribution in [0.25, 0.3) is 22.5 Å². The van der Waals surface area contributed by atoms with Gasteiger partial charge in [0, 0.05) is 89.9 Å². The zero-order chi connectivity index (χ0) is 59.0. The fourth-order valence-corrected chi connectivity index (χ4v) is 7.71. The number of anilines is 6. The summed E-state index contributed by atoms with van der Waals surface area (Å²) in [7, 11) is 6.22. The Hall–Kier alpha value is -9.78. The van der Waals surface area contributed by atoms with Gasteiger partial charge in [-0.15, -0.1) is 0 Å². The minimum absolute atomic E-state index is 0.0789. The van der Waals surface area contributed by atoms with Gasteiger partial charge in [0.05, 0.1) is 69.6 Å². The van der Waals surface area contributed by atoms with E-state index in [0.29, 0.717) is 110 Å². The Kier molecular flexibility index (Phi) is 20.3. The summed E-state index contributed by atoms with van der Waals surface area (Å²) in [4.78, 5) is 89.4. The first-order valence-corrected chi connectivity index (χ1v) is 25.2. The molecule has 25 heteroatoms. The van der Waals surface area contributed by atoms with Gasteiger partial charge < -0.3 is 76.5 Å². The lowest BCUT2D eigenvalue weighted by Gasteiger charge is -2.19. The Morgan fingerprint density at radius 1 is 0.568 bits per heavy atom. The van der Waals surface area contributed by atoms with Gasteiger partial charge in [0.25, 0.3) is 5.91 Å². The van der Waals surface area contributed by atoms with Gasteiger partial charge in [-0.25, -0.2) is 34.3 Å². The molecule has 6 aromatic rings. The van der Waals surface area contributed by atoms with Crippen molar-refractivity contribution in [2.24, 2.45) is 5.73 Å². The molecule has 0 fully saturated rings. The van der Waals surface area contributed by atoms with Crippen LogP contribution in [-0.4, -0.2) is 127 Å². The molecule has 0 unspecified atom stereocenters. The standard InChI is InChI=1S/C28H32N6O6.C21H18N4O5.C7H16N2O2/c1-28(2,3)40-27(37)30-11-10-29-25(36)16-6-8-19-20(12-16)33-23(35)13-17-15-31-26(34-24(17)19)32-18-7-9-21(38-4)22(14-18)39-5;1-29-16-6-4-13(9-17(16)30-2)23-21-22-10-12-8-18(26)24-15-7-11(20(27)28)3-5-14(15)19(12)25-21;1-7(2,3)11-6(10)9-5-4-8/h6-9,12,14-15H,10-11,13H2,1-5H3,(H,29,36)(H,30,37)(H,33,35)(H,31,32,34);3-7,9-10H,8H2,1-2H3,(H,24,26)(H,27,28)(H,22,23,25);4-5,8H2,1-3H3,(H,9,10). The maximum Gasteiger partial charge on any atom is 0.407 e. The Balaban J connectivity index is 0.000000226. The summed E-state index contributed by atoms with van der Waals surface area (Å²) in [6.45, 7) is 12.0. The first kappa shape index (κ1) is 60.4. The van der Waals surface area contributed by atoms with E-state index in [4.69, 9.17) is 34.2 Å². The van der Waals surface area contributed by atoms with Crippen LogP contribution in [0.5, 0.6) is 23.0 Å². The molecule has 8 rings (SSSR count). The number of carbonyl (C=O) groups excluding carboxylic acids is 5. The van der Waals surface area contributed by atoms with Crippen LogP contribution in [0.4, 0.5) is 44.2 Å². The molecule has 2 aliphatic rings. The highest BCUT2D eigenvalue weighted by atomic mass is 16.6. The summed E-state index contributed by atoms with van der Waals surface area (Å²) in [5, 5.41) is 28.9. The monoisotopic (exact) mass is 1110 g/mol.